The molecule has 1 heterocycles. The van der Waals surface area contributed by atoms with Crippen molar-refractivity contribution in [2.75, 3.05) is 13.6 Å². The molecule has 0 aliphatic carbocycles. The Morgan fingerprint density at radius 1 is 1.53 bits per heavy atom. The smallest absolute Gasteiger partial charge is 0.263 e. The van der Waals surface area contributed by atoms with Gasteiger partial charge in [0.25, 0.3) is 5.91 Å². The van der Waals surface area contributed by atoms with Crippen molar-refractivity contribution in [1.82, 2.24) is 4.90 Å². The van der Waals surface area contributed by atoms with Gasteiger partial charge in [0, 0.05) is 26.1 Å². The molecule has 5 heteroatoms. The minimum atomic E-state index is -0.548. The fourth-order valence-corrected chi connectivity index (χ4v) is 1.84. The second-order valence-electron chi connectivity index (χ2n) is 4.11. The van der Waals surface area contributed by atoms with Crippen LogP contribution in [0.1, 0.15) is 12.0 Å². The highest BCUT2D eigenvalue weighted by Crippen LogP contribution is 2.21. The topological polar surface area (TPSA) is 49.8 Å². The number of nitrogens with zero attached hydrogens (tertiary/aromatic N) is 1. The molecule has 0 aromatic heterocycles. The highest BCUT2D eigenvalue weighted by molar-refractivity contribution is 5.83. The van der Waals surface area contributed by atoms with E-state index in [1.807, 2.05) is 0 Å². The van der Waals surface area contributed by atoms with Crippen LogP contribution in [0.25, 0.3) is 0 Å². The SMILES string of the molecule is CN1CCC(Oc2cc(F)cc(CO)c2)C1=O. The summed E-state index contributed by atoms with van der Waals surface area (Å²) in [5.41, 5.74) is 0.429. The number of amides is 1. The van der Waals surface area contributed by atoms with E-state index in [1.54, 1.807) is 11.9 Å². The summed E-state index contributed by atoms with van der Waals surface area (Å²) in [6, 6.07) is 3.98. The quantitative estimate of drug-likeness (QED) is 0.853. The zero-order chi connectivity index (χ0) is 12.4. The van der Waals surface area contributed by atoms with Crippen molar-refractivity contribution in [3.8, 4) is 5.75 Å². The van der Waals surface area contributed by atoms with E-state index in [1.165, 1.54) is 18.2 Å². The molecule has 1 unspecified atom stereocenters. The number of carbonyl (C=O) groups excluding carboxylic acids is 1. The number of hydrogen-bond acceptors (Lipinski definition) is 3. The fourth-order valence-electron chi connectivity index (χ4n) is 1.84. The molecule has 1 amide bonds. The number of carbonyl (C=O) groups is 1. The van der Waals surface area contributed by atoms with E-state index < -0.39 is 11.9 Å². The van der Waals surface area contributed by atoms with Crippen LogP contribution in [0.5, 0.6) is 5.75 Å². The van der Waals surface area contributed by atoms with Gasteiger partial charge in [-0.2, -0.15) is 0 Å². The molecule has 1 aliphatic heterocycles. The maximum Gasteiger partial charge on any atom is 0.263 e. The molecule has 0 bridgehead atoms. The predicted molar refractivity (Wildman–Crippen MR) is 59.0 cm³/mol. The Balaban J connectivity index is 2.13. The lowest BCUT2D eigenvalue weighted by Gasteiger charge is -2.13. The molecule has 1 aromatic carbocycles. The molecule has 0 radical (unpaired) electrons. The second-order valence-corrected chi connectivity index (χ2v) is 4.11. The number of aliphatic hydroxyl groups excluding tert-OH is 1. The number of halogens is 1. The van der Waals surface area contributed by atoms with Crippen LogP contribution in [-0.2, 0) is 11.4 Å². The van der Waals surface area contributed by atoms with Crippen LogP contribution in [0.3, 0.4) is 0 Å². The van der Waals surface area contributed by atoms with Gasteiger partial charge < -0.3 is 14.7 Å². The summed E-state index contributed by atoms with van der Waals surface area (Å²) in [6.45, 7) is 0.387. The van der Waals surface area contributed by atoms with Crippen LogP contribution in [0, 0.1) is 5.82 Å². The summed E-state index contributed by atoms with van der Waals surface area (Å²) < 4.78 is 18.6. The van der Waals surface area contributed by atoms with Gasteiger partial charge in [-0.25, -0.2) is 4.39 Å². The highest BCUT2D eigenvalue weighted by Gasteiger charge is 2.30. The summed E-state index contributed by atoms with van der Waals surface area (Å²) in [7, 11) is 1.70. The van der Waals surface area contributed by atoms with E-state index in [0.717, 1.165) is 0 Å². The molecule has 1 saturated heterocycles. The van der Waals surface area contributed by atoms with Crippen LogP contribution in [0.15, 0.2) is 18.2 Å². The first-order chi connectivity index (χ1) is 8.10. The normalized spacial score (nSPS) is 19.8. The van der Waals surface area contributed by atoms with E-state index in [4.69, 9.17) is 9.84 Å². The fraction of sp³-hybridized carbons (Fsp3) is 0.417. The molecule has 2 rings (SSSR count). The van der Waals surface area contributed by atoms with Gasteiger partial charge in [-0.15, -0.1) is 0 Å². The number of rotatable bonds is 3. The molecule has 1 N–H and O–H groups in total. The van der Waals surface area contributed by atoms with Crippen molar-refractivity contribution < 1.29 is 19.0 Å². The molecule has 1 fully saturated rings. The molecule has 92 valence electrons. The molecule has 1 aromatic rings. The summed E-state index contributed by atoms with van der Waals surface area (Å²) in [5.74, 6) is -0.298. The average molecular weight is 239 g/mol. The maximum absolute atomic E-state index is 13.2. The first kappa shape index (κ1) is 11.9. The number of hydrogen-bond donors (Lipinski definition) is 1. The molecule has 0 spiro atoms. The minimum absolute atomic E-state index is 0.0974. The number of aliphatic hydroxyl groups is 1. The first-order valence-electron chi connectivity index (χ1n) is 5.42. The van der Waals surface area contributed by atoms with Gasteiger partial charge in [-0.1, -0.05) is 0 Å². The zero-order valence-electron chi connectivity index (χ0n) is 9.52. The van der Waals surface area contributed by atoms with Gasteiger partial charge in [-0.3, -0.25) is 4.79 Å². The lowest BCUT2D eigenvalue weighted by Crippen LogP contribution is -2.29. The standard InChI is InChI=1S/C12H14FNO3/c1-14-3-2-11(12(14)16)17-10-5-8(7-15)4-9(13)6-10/h4-6,11,15H,2-3,7H2,1H3. The van der Waals surface area contributed by atoms with Crippen LogP contribution in [0.4, 0.5) is 4.39 Å². The molecule has 4 nitrogen and oxygen atoms in total. The highest BCUT2D eigenvalue weighted by atomic mass is 19.1. The van der Waals surface area contributed by atoms with Gasteiger partial charge in [-0.05, 0) is 17.7 Å². The van der Waals surface area contributed by atoms with Crippen molar-refractivity contribution in [3.05, 3.63) is 29.6 Å². The van der Waals surface area contributed by atoms with E-state index in [-0.39, 0.29) is 18.3 Å². The Labute approximate surface area is 98.6 Å². The van der Waals surface area contributed by atoms with Crippen molar-refractivity contribution >= 4 is 5.91 Å². The summed E-state index contributed by atoms with van der Waals surface area (Å²) >= 11 is 0. The molecule has 0 saturated carbocycles. The van der Waals surface area contributed by atoms with E-state index in [2.05, 4.69) is 0 Å². The van der Waals surface area contributed by atoms with Crippen molar-refractivity contribution in [2.24, 2.45) is 0 Å². The number of likely N-dealkylation sites (N-methyl/N-ethyl adjacent to an activating group) is 1. The van der Waals surface area contributed by atoms with Crippen LogP contribution < -0.4 is 4.74 Å². The third-order valence-electron chi connectivity index (χ3n) is 2.77. The maximum atomic E-state index is 13.2. The Kier molecular flexibility index (Phi) is 3.28. The largest absolute Gasteiger partial charge is 0.480 e. The summed E-state index contributed by atoms with van der Waals surface area (Å²) in [6.07, 6.45) is 0.0497. The third kappa shape index (κ3) is 2.55. The molecular formula is C12H14FNO3. The third-order valence-corrected chi connectivity index (χ3v) is 2.77. The van der Waals surface area contributed by atoms with Crippen LogP contribution in [0.2, 0.25) is 0 Å². The summed E-state index contributed by atoms with van der Waals surface area (Å²) in [5, 5.41) is 8.94. The van der Waals surface area contributed by atoms with Crippen molar-refractivity contribution in [2.45, 2.75) is 19.1 Å². The molecule has 1 atom stereocenters. The monoisotopic (exact) mass is 239 g/mol. The molecule has 17 heavy (non-hydrogen) atoms. The Bertz CT molecular complexity index is 436. The lowest BCUT2D eigenvalue weighted by molar-refractivity contribution is -0.132. The number of likely N-dealkylation sites (tertiary alicyclic amines) is 1. The van der Waals surface area contributed by atoms with Crippen molar-refractivity contribution in [1.29, 1.82) is 0 Å². The Morgan fingerprint density at radius 3 is 2.88 bits per heavy atom. The minimum Gasteiger partial charge on any atom is -0.480 e. The number of benzene rings is 1. The van der Waals surface area contributed by atoms with Gasteiger partial charge in [0.1, 0.15) is 11.6 Å². The Morgan fingerprint density at radius 2 is 2.29 bits per heavy atom. The molecular weight excluding hydrogens is 225 g/mol. The van der Waals surface area contributed by atoms with Crippen molar-refractivity contribution in [3.63, 3.8) is 0 Å². The van der Waals surface area contributed by atoms with E-state index in [9.17, 15) is 9.18 Å². The summed E-state index contributed by atoms with van der Waals surface area (Å²) in [4.78, 5) is 13.2. The van der Waals surface area contributed by atoms with Gasteiger partial charge >= 0.3 is 0 Å². The zero-order valence-corrected chi connectivity index (χ0v) is 9.52. The Hall–Kier alpha value is -1.62. The van der Waals surface area contributed by atoms with Crippen LogP contribution in [-0.4, -0.2) is 35.6 Å². The van der Waals surface area contributed by atoms with Crippen LogP contribution >= 0.6 is 0 Å². The second kappa shape index (κ2) is 4.71. The van der Waals surface area contributed by atoms with Gasteiger partial charge in [0.2, 0.25) is 0 Å². The average Bonchev–Trinajstić information content (AvgIpc) is 2.60. The van der Waals surface area contributed by atoms with E-state index >= 15 is 0 Å². The van der Waals surface area contributed by atoms with Gasteiger partial charge in [0.05, 0.1) is 6.61 Å². The van der Waals surface area contributed by atoms with E-state index in [0.29, 0.717) is 18.5 Å². The lowest BCUT2D eigenvalue weighted by atomic mass is 10.2. The van der Waals surface area contributed by atoms with Gasteiger partial charge in [0.15, 0.2) is 6.10 Å². The first-order valence-corrected chi connectivity index (χ1v) is 5.42. The molecule has 1 aliphatic rings. The predicted octanol–water partition coefficient (Wildman–Crippen LogP) is 0.927. The number of ether oxygens (including phenoxy) is 1.